The van der Waals surface area contributed by atoms with Gasteiger partial charge in [-0.05, 0) is 38.3 Å². The van der Waals surface area contributed by atoms with Gasteiger partial charge in [0.05, 0.1) is 16.3 Å². The van der Waals surface area contributed by atoms with E-state index in [1.807, 2.05) is 21.0 Å². The minimum Gasteiger partial charge on any atom is -0.312 e. The average molecular weight is 314 g/mol. The Hall–Kier alpha value is -0.980. The van der Waals surface area contributed by atoms with Crippen molar-refractivity contribution in [1.82, 2.24) is 24.7 Å². The first-order valence-corrected chi connectivity index (χ1v) is 7.89. The predicted octanol–water partition coefficient (Wildman–Crippen LogP) is 2.69. The largest absolute Gasteiger partial charge is 0.312 e. The minimum atomic E-state index is 0.178. The van der Waals surface area contributed by atoms with Crippen molar-refractivity contribution in [2.24, 2.45) is 7.05 Å². The summed E-state index contributed by atoms with van der Waals surface area (Å²) in [6.07, 6.45) is 2.83. The summed E-state index contributed by atoms with van der Waals surface area (Å²) < 4.78 is 5.82. The molecule has 2 rings (SSSR count). The fourth-order valence-electron chi connectivity index (χ4n) is 2.33. The van der Waals surface area contributed by atoms with Gasteiger partial charge in [-0.15, -0.1) is 5.10 Å². The van der Waals surface area contributed by atoms with Gasteiger partial charge in [-0.1, -0.05) is 29.4 Å². The molecule has 0 aliphatic carbocycles. The molecule has 0 radical (unpaired) electrons. The van der Waals surface area contributed by atoms with Gasteiger partial charge in [-0.25, -0.2) is 0 Å². The van der Waals surface area contributed by atoms with Crippen LogP contribution < -0.4 is 5.32 Å². The summed E-state index contributed by atoms with van der Waals surface area (Å²) in [5.74, 6) is 0. The molecule has 0 bridgehead atoms. The fourth-order valence-corrected chi connectivity index (χ4v) is 3.38. The number of likely N-dealkylation sites (N-methyl/N-ethyl adjacent to an activating group) is 1. The summed E-state index contributed by atoms with van der Waals surface area (Å²) in [7, 11) is 3.82. The zero-order valence-corrected chi connectivity index (χ0v) is 13.8. The van der Waals surface area contributed by atoms with E-state index < -0.39 is 0 Å². The zero-order valence-electron chi connectivity index (χ0n) is 12.3. The Kier molecular flexibility index (Phi) is 5.12. The second-order valence-electron chi connectivity index (χ2n) is 4.86. The van der Waals surface area contributed by atoms with Crippen molar-refractivity contribution in [3.8, 4) is 0 Å². The van der Waals surface area contributed by atoms with Crippen LogP contribution in [0.2, 0.25) is 5.15 Å². The normalized spacial score (nSPS) is 12.8. The highest BCUT2D eigenvalue weighted by Crippen LogP contribution is 2.28. The molecule has 5 nitrogen and oxygen atoms in total. The number of rotatable bonds is 6. The Morgan fingerprint density at radius 2 is 2.20 bits per heavy atom. The molecule has 1 N–H and O–H groups in total. The van der Waals surface area contributed by atoms with E-state index in [1.165, 1.54) is 16.4 Å². The summed E-state index contributed by atoms with van der Waals surface area (Å²) >= 11 is 7.79. The van der Waals surface area contributed by atoms with Gasteiger partial charge in [-0.2, -0.15) is 5.10 Å². The van der Waals surface area contributed by atoms with E-state index in [0.717, 1.165) is 36.2 Å². The van der Waals surface area contributed by atoms with Crippen LogP contribution in [0.15, 0.2) is 0 Å². The van der Waals surface area contributed by atoms with Gasteiger partial charge in [0.25, 0.3) is 0 Å². The standard InChI is InChI=1S/C13H20ClN5S/c1-5-6-10-12(20-18-16-10)11(15-3)7-9-8(2)17-19(4)13(9)14/h11,15H,5-7H2,1-4H3. The molecule has 0 spiro atoms. The topological polar surface area (TPSA) is 55.6 Å². The monoisotopic (exact) mass is 313 g/mol. The maximum absolute atomic E-state index is 6.32. The molecule has 20 heavy (non-hydrogen) atoms. The molecule has 1 atom stereocenters. The molecule has 110 valence electrons. The number of nitrogens with one attached hydrogen (secondary N) is 1. The van der Waals surface area contributed by atoms with Crippen LogP contribution in [0.4, 0.5) is 0 Å². The molecule has 2 heterocycles. The lowest BCUT2D eigenvalue weighted by molar-refractivity contribution is 0.592. The van der Waals surface area contributed by atoms with Crippen LogP contribution in [-0.2, 0) is 19.9 Å². The second-order valence-corrected chi connectivity index (χ2v) is 6.00. The van der Waals surface area contributed by atoms with Crippen molar-refractivity contribution in [2.45, 2.75) is 39.2 Å². The van der Waals surface area contributed by atoms with Gasteiger partial charge in [-0.3, -0.25) is 4.68 Å². The van der Waals surface area contributed by atoms with E-state index in [-0.39, 0.29) is 6.04 Å². The second kappa shape index (κ2) is 6.65. The van der Waals surface area contributed by atoms with Crippen molar-refractivity contribution in [3.63, 3.8) is 0 Å². The van der Waals surface area contributed by atoms with Crippen LogP contribution in [0, 0.1) is 6.92 Å². The van der Waals surface area contributed by atoms with E-state index in [1.54, 1.807) is 4.68 Å². The molecule has 0 aromatic carbocycles. The summed E-state index contributed by atoms with van der Waals surface area (Å²) in [4.78, 5) is 1.20. The van der Waals surface area contributed by atoms with E-state index in [4.69, 9.17) is 11.6 Å². The molecule has 7 heteroatoms. The third kappa shape index (κ3) is 3.02. The predicted molar refractivity (Wildman–Crippen MR) is 82.4 cm³/mol. The minimum absolute atomic E-state index is 0.178. The summed E-state index contributed by atoms with van der Waals surface area (Å²) in [5.41, 5.74) is 3.16. The van der Waals surface area contributed by atoms with Gasteiger partial charge >= 0.3 is 0 Å². The molecular weight excluding hydrogens is 294 g/mol. The van der Waals surface area contributed by atoms with Gasteiger partial charge < -0.3 is 5.32 Å². The lowest BCUT2D eigenvalue weighted by Gasteiger charge is -2.15. The summed E-state index contributed by atoms with van der Waals surface area (Å²) in [6.45, 7) is 4.14. The lowest BCUT2D eigenvalue weighted by Crippen LogP contribution is -2.19. The van der Waals surface area contributed by atoms with Crippen molar-refractivity contribution < 1.29 is 0 Å². The number of halogens is 1. The average Bonchev–Trinajstić information content (AvgIpc) is 2.96. The van der Waals surface area contributed by atoms with E-state index in [0.29, 0.717) is 5.15 Å². The van der Waals surface area contributed by atoms with Crippen molar-refractivity contribution in [2.75, 3.05) is 7.05 Å². The summed E-state index contributed by atoms with van der Waals surface area (Å²) in [6, 6.07) is 0.178. The van der Waals surface area contributed by atoms with Crippen LogP contribution in [-0.4, -0.2) is 26.4 Å². The van der Waals surface area contributed by atoms with Crippen LogP contribution in [0.3, 0.4) is 0 Å². The van der Waals surface area contributed by atoms with Crippen molar-refractivity contribution >= 4 is 23.1 Å². The number of hydrogen-bond donors (Lipinski definition) is 1. The van der Waals surface area contributed by atoms with E-state index >= 15 is 0 Å². The maximum atomic E-state index is 6.32. The SMILES string of the molecule is CCCc1nnsc1C(Cc1c(C)nn(C)c1Cl)NC. The van der Waals surface area contributed by atoms with Gasteiger partial charge in [0.1, 0.15) is 5.15 Å². The Bertz CT molecular complexity index is 577. The molecule has 0 aliphatic heterocycles. The summed E-state index contributed by atoms with van der Waals surface area (Å²) in [5, 5.41) is 12.7. The third-order valence-corrected chi connectivity index (χ3v) is 4.77. The number of aryl methyl sites for hydroxylation is 3. The van der Waals surface area contributed by atoms with Crippen molar-refractivity contribution in [3.05, 3.63) is 27.0 Å². The molecule has 0 saturated heterocycles. The van der Waals surface area contributed by atoms with Crippen LogP contribution >= 0.6 is 23.1 Å². The van der Waals surface area contributed by atoms with E-state index in [9.17, 15) is 0 Å². The maximum Gasteiger partial charge on any atom is 0.130 e. The first-order valence-electron chi connectivity index (χ1n) is 6.74. The van der Waals surface area contributed by atoms with Crippen molar-refractivity contribution in [1.29, 1.82) is 0 Å². The third-order valence-electron chi connectivity index (χ3n) is 3.42. The van der Waals surface area contributed by atoms with Gasteiger partial charge in [0.2, 0.25) is 0 Å². The molecule has 0 saturated carbocycles. The quantitative estimate of drug-likeness (QED) is 0.891. The first-order chi connectivity index (χ1) is 9.58. The van der Waals surface area contributed by atoms with Gasteiger partial charge in [0.15, 0.2) is 0 Å². The van der Waals surface area contributed by atoms with Crippen LogP contribution in [0.5, 0.6) is 0 Å². The highest BCUT2D eigenvalue weighted by atomic mass is 35.5. The Morgan fingerprint density at radius 1 is 1.45 bits per heavy atom. The molecular formula is C13H20ClN5S. The molecule has 0 aliphatic rings. The Morgan fingerprint density at radius 3 is 2.75 bits per heavy atom. The lowest BCUT2D eigenvalue weighted by atomic mass is 10.0. The number of aromatic nitrogens is 4. The van der Waals surface area contributed by atoms with Crippen LogP contribution in [0.1, 0.15) is 41.2 Å². The van der Waals surface area contributed by atoms with Crippen LogP contribution in [0.25, 0.3) is 0 Å². The molecule has 0 amide bonds. The Balaban J connectivity index is 2.26. The molecule has 1 unspecified atom stereocenters. The van der Waals surface area contributed by atoms with E-state index in [2.05, 4.69) is 26.9 Å². The molecule has 0 fully saturated rings. The van der Waals surface area contributed by atoms with Gasteiger partial charge in [0, 0.05) is 18.7 Å². The Labute approximate surface area is 128 Å². The molecule has 2 aromatic heterocycles. The zero-order chi connectivity index (χ0) is 14.7. The smallest absolute Gasteiger partial charge is 0.130 e. The highest BCUT2D eigenvalue weighted by molar-refractivity contribution is 7.05. The number of nitrogens with zero attached hydrogens (tertiary/aromatic N) is 4. The molecule has 2 aromatic rings. The first kappa shape index (κ1) is 15.4. The fraction of sp³-hybridized carbons (Fsp3) is 0.615. The highest BCUT2D eigenvalue weighted by Gasteiger charge is 2.21. The number of hydrogen-bond acceptors (Lipinski definition) is 5.